The Morgan fingerprint density at radius 2 is 1.71 bits per heavy atom. The highest BCUT2D eigenvalue weighted by molar-refractivity contribution is 14.2. The van der Waals surface area contributed by atoms with Gasteiger partial charge in [-0.25, -0.2) is 19.9 Å². The first-order valence-electron chi connectivity index (χ1n) is 12.1. The molecule has 1 atom stereocenters. The lowest BCUT2D eigenvalue weighted by atomic mass is 10.1. The summed E-state index contributed by atoms with van der Waals surface area (Å²) >= 11 is 2.35. The largest absolute Gasteiger partial charge is 0.495 e. The van der Waals surface area contributed by atoms with Gasteiger partial charge in [0.15, 0.2) is 5.65 Å². The molecular formula is C26H31IN9OP. The molecule has 2 N–H and O–H groups in total. The van der Waals surface area contributed by atoms with Crippen molar-refractivity contribution in [1.82, 2.24) is 33.8 Å². The summed E-state index contributed by atoms with van der Waals surface area (Å²) in [6.45, 7) is 9.87. The molecule has 0 aliphatic heterocycles. The van der Waals surface area contributed by atoms with Crippen molar-refractivity contribution in [3.8, 4) is 17.0 Å². The van der Waals surface area contributed by atoms with Crippen LogP contribution in [-0.4, -0.2) is 40.9 Å². The first-order valence-corrected chi connectivity index (χ1v) is 16.2. The Morgan fingerprint density at radius 3 is 2.37 bits per heavy atom. The number of ether oxygens (including phenoxy) is 1. The van der Waals surface area contributed by atoms with Gasteiger partial charge in [0.25, 0.3) is 0 Å². The fourth-order valence-corrected chi connectivity index (χ4v) is 6.03. The van der Waals surface area contributed by atoms with Crippen LogP contribution in [0.25, 0.3) is 22.4 Å². The summed E-state index contributed by atoms with van der Waals surface area (Å²) in [7, 11) is 3.63. The zero-order valence-electron chi connectivity index (χ0n) is 22.5. The Balaban J connectivity index is 0.00000164. The molecule has 10 nitrogen and oxygen atoms in total. The second-order valence-corrected chi connectivity index (χ2v) is 10.4. The van der Waals surface area contributed by atoms with Gasteiger partial charge in [0.05, 0.1) is 60.7 Å². The van der Waals surface area contributed by atoms with E-state index in [0.29, 0.717) is 23.8 Å². The summed E-state index contributed by atoms with van der Waals surface area (Å²) in [6, 6.07) is 7.97. The fraction of sp³-hybridized carbons (Fsp3) is 0.269. The standard InChI is InChI=1S/C24H25IN9OP.C2H6/c1-13-14(2)28-22(11-27-13)31-21-9-18(23-24(32-21)34(36-25)15(3)29-23)30-17-7-6-16(8-20(17)35-5)19-10-26-12-33(19)4;1-2/h6-12,36H,1-5H3,(H2,28,30,31,32);1-2H3. The number of imidazole rings is 2. The van der Waals surface area contributed by atoms with Crippen molar-refractivity contribution < 1.29 is 4.74 Å². The molecule has 0 amide bonds. The summed E-state index contributed by atoms with van der Waals surface area (Å²) in [5, 5.41) is 6.83. The highest BCUT2D eigenvalue weighted by Gasteiger charge is 2.17. The number of hydrogen-bond donors (Lipinski definition) is 2. The molecule has 0 bridgehead atoms. The zero-order valence-corrected chi connectivity index (χ0v) is 25.6. The maximum atomic E-state index is 5.74. The predicted molar refractivity (Wildman–Crippen MR) is 165 cm³/mol. The number of aromatic nitrogens is 7. The Bertz CT molecular complexity index is 1580. The van der Waals surface area contributed by atoms with E-state index in [1.54, 1.807) is 19.6 Å². The summed E-state index contributed by atoms with van der Waals surface area (Å²) in [4.78, 5) is 22.9. The average molecular weight is 643 g/mol. The summed E-state index contributed by atoms with van der Waals surface area (Å²) in [5.41, 5.74) is 6.98. The molecule has 0 saturated heterocycles. The van der Waals surface area contributed by atoms with Gasteiger partial charge >= 0.3 is 0 Å². The van der Waals surface area contributed by atoms with Crippen LogP contribution in [-0.2, 0) is 7.05 Å². The van der Waals surface area contributed by atoms with Gasteiger partial charge in [-0.05, 0) is 54.9 Å². The minimum Gasteiger partial charge on any atom is -0.495 e. The molecule has 5 aromatic rings. The topological polar surface area (TPSA) is 108 Å². The van der Waals surface area contributed by atoms with Crippen molar-refractivity contribution >= 4 is 62.6 Å². The number of fused-ring (bicyclic) bond motifs is 1. The molecule has 4 heterocycles. The zero-order chi connectivity index (χ0) is 27.4. The molecule has 0 fully saturated rings. The normalized spacial score (nSPS) is 11.1. The molecule has 198 valence electrons. The van der Waals surface area contributed by atoms with E-state index in [-0.39, 0.29) is 0 Å². The second kappa shape index (κ2) is 12.0. The van der Waals surface area contributed by atoms with Crippen molar-refractivity contribution in [2.24, 2.45) is 7.05 Å². The first-order chi connectivity index (χ1) is 18.4. The lowest BCUT2D eigenvalue weighted by Crippen LogP contribution is -2.03. The number of pyridine rings is 1. The highest BCUT2D eigenvalue weighted by atomic mass is 127. The SMILES string of the molecule is CC.COc1cc(-c2cncn2C)ccc1Nc1cc(Nc2cnc(C)c(C)n2)nc2c1nc(C)n2PI. The Morgan fingerprint density at radius 1 is 0.921 bits per heavy atom. The molecule has 0 saturated carbocycles. The van der Waals surface area contributed by atoms with Crippen molar-refractivity contribution in [2.75, 3.05) is 17.7 Å². The van der Waals surface area contributed by atoms with Gasteiger partial charge in [0.1, 0.15) is 28.7 Å². The minimum absolute atomic E-state index is 0.459. The van der Waals surface area contributed by atoms with Crippen molar-refractivity contribution in [3.63, 3.8) is 0 Å². The number of anilines is 4. The van der Waals surface area contributed by atoms with Crippen LogP contribution in [0.1, 0.15) is 31.1 Å². The minimum atomic E-state index is 0.459. The molecule has 5 rings (SSSR count). The summed E-state index contributed by atoms with van der Waals surface area (Å²) < 4.78 is 9.81. The quantitative estimate of drug-likeness (QED) is 0.146. The van der Waals surface area contributed by atoms with E-state index in [2.05, 4.69) is 52.0 Å². The van der Waals surface area contributed by atoms with Crippen molar-refractivity contribution in [1.29, 1.82) is 0 Å². The van der Waals surface area contributed by atoms with E-state index in [1.165, 1.54) is 0 Å². The van der Waals surface area contributed by atoms with Gasteiger partial charge in [-0.15, -0.1) is 0 Å². The third-order valence-corrected chi connectivity index (χ3v) is 8.05. The van der Waals surface area contributed by atoms with Gasteiger partial charge in [0.2, 0.25) is 0 Å². The Kier molecular flexibility index (Phi) is 8.78. The Hall–Kier alpha value is -3.31. The number of hydrogen-bond acceptors (Lipinski definition) is 8. The average Bonchev–Trinajstić information content (AvgIpc) is 3.49. The third kappa shape index (κ3) is 5.58. The number of benzene rings is 1. The van der Waals surface area contributed by atoms with Gasteiger partial charge in [0, 0.05) is 18.7 Å². The molecule has 0 radical (unpaired) electrons. The molecule has 0 aliphatic carbocycles. The van der Waals surface area contributed by atoms with Gasteiger partial charge < -0.3 is 19.9 Å². The summed E-state index contributed by atoms with van der Waals surface area (Å²) in [6.07, 6.45) is 5.79. The van der Waals surface area contributed by atoms with Crippen LogP contribution in [0.5, 0.6) is 5.75 Å². The number of methoxy groups -OCH3 is 1. The summed E-state index contributed by atoms with van der Waals surface area (Å²) in [5.74, 6) is 2.88. The third-order valence-electron chi connectivity index (χ3n) is 5.90. The molecular weight excluding hydrogens is 612 g/mol. The lowest BCUT2D eigenvalue weighted by Gasteiger charge is -2.15. The molecule has 1 unspecified atom stereocenters. The second-order valence-electron chi connectivity index (χ2n) is 8.29. The van der Waals surface area contributed by atoms with Crippen LogP contribution in [0.2, 0.25) is 0 Å². The van der Waals surface area contributed by atoms with Gasteiger partial charge in [-0.1, -0.05) is 19.9 Å². The Labute approximate surface area is 237 Å². The van der Waals surface area contributed by atoms with Crippen molar-refractivity contribution in [3.05, 3.63) is 60.2 Å². The van der Waals surface area contributed by atoms with Gasteiger partial charge in [-0.2, -0.15) is 0 Å². The number of halogens is 1. The molecule has 38 heavy (non-hydrogen) atoms. The van der Waals surface area contributed by atoms with E-state index < -0.39 is 0 Å². The monoisotopic (exact) mass is 643 g/mol. The number of nitrogens with zero attached hydrogens (tertiary/aromatic N) is 7. The molecule has 0 spiro atoms. The van der Waals surface area contributed by atoms with Crippen LogP contribution < -0.4 is 15.4 Å². The fourth-order valence-electron chi connectivity index (χ4n) is 3.88. The first kappa shape index (κ1) is 27.7. The number of aryl methyl sites for hydroxylation is 4. The van der Waals surface area contributed by atoms with Crippen LogP contribution in [0, 0.1) is 20.8 Å². The maximum Gasteiger partial charge on any atom is 0.168 e. The van der Waals surface area contributed by atoms with Crippen molar-refractivity contribution in [2.45, 2.75) is 34.6 Å². The van der Waals surface area contributed by atoms with E-state index in [9.17, 15) is 0 Å². The van der Waals surface area contributed by atoms with Crippen LogP contribution in [0.3, 0.4) is 0 Å². The number of rotatable bonds is 7. The van der Waals surface area contributed by atoms with Gasteiger partial charge in [-0.3, -0.25) is 9.32 Å². The highest BCUT2D eigenvalue weighted by Crippen LogP contribution is 2.38. The van der Waals surface area contributed by atoms with E-state index in [0.717, 1.165) is 51.0 Å². The van der Waals surface area contributed by atoms with Crippen LogP contribution in [0.15, 0.2) is 43.0 Å². The molecule has 1 aromatic carbocycles. The van der Waals surface area contributed by atoms with Crippen LogP contribution >= 0.6 is 28.4 Å². The van der Waals surface area contributed by atoms with E-state index in [1.807, 2.05) is 76.7 Å². The smallest absolute Gasteiger partial charge is 0.168 e. The predicted octanol–water partition coefficient (Wildman–Crippen LogP) is 6.86. The maximum absolute atomic E-state index is 5.74. The van der Waals surface area contributed by atoms with Crippen LogP contribution in [0.4, 0.5) is 23.0 Å². The molecule has 4 aromatic heterocycles. The molecule has 0 aliphatic rings. The lowest BCUT2D eigenvalue weighted by molar-refractivity contribution is 0.417. The van der Waals surface area contributed by atoms with E-state index in [4.69, 9.17) is 14.7 Å². The molecule has 12 heteroatoms. The number of nitrogens with one attached hydrogen (secondary N) is 2. The van der Waals surface area contributed by atoms with E-state index >= 15 is 0 Å².